The van der Waals surface area contributed by atoms with Gasteiger partial charge in [0.2, 0.25) is 0 Å². The van der Waals surface area contributed by atoms with Crippen molar-refractivity contribution in [2.24, 2.45) is 0 Å². The number of benzene rings is 2. The summed E-state index contributed by atoms with van der Waals surface area (Å²) in [5, 5.41) is 5.47. The van der Waals surface area contributed by atoms with Gasteiger partial charge in [-0.3, -0.25) is 4.79 Å². The summed E-state index contributed by atoms with van der Waals surface area (Å²) in [4.78, 5) is 26.5. The van der Waals surface area contributed by atoms with Gasteiger partial charge in [0.05, 0.1) is 0 Å². The molecule has 35 heavy (non-hydrogen) atoms. The van der Waals surface area contributed by atoms with Gasteiger partial charge in [-0.2, -0.15) is 14.6 Å². The lowest BCUT2D eigenvalue weighted by Gasteiger charge is -2.36. The summed E-state index contributed by atoms with van der Waals surface area (Å²) in [6.45, 7) is 6.54. The number of hydrogen-bond acceptors (Lipinski definition) is 6. The zero-order chi connectivity index (χ0) is 23.9. The van der Waals surface area contributed by atoms with E-state index < -0.39 is 0 Å². The molecule has 0 bridgehead atoms. The van der Waals surface area contributed by atoms with E-state index in [0.717, 1.165) is 40.0 Å². The van der Waals surface area contributed by atoms with Crippen LogP contribution in [-0.4, -0.2) is 56.6 Å². The predicted octanol–water partition coefficient (Wildman–Crippen LogP) is 4.04. The van der Waals surface area contributed by atoms with E-state index in [4.69, 9.17) is 4.42 Å². The van der Waals surface area contributed by atoms with Crippen molar-refractivity contribution in [2.75, 3.05) is 31.1 Å². The molecule has 1 aliphatic heterocycles. The summed E-state index contributed by atoms with van der Waals surface area (Å²) in [7, 11) is 0. The lowest BCUT2D eigenvalue weighted by Crippen LogP contribution is -2.49. The molecule has 6 rings (SSSR count). The maximum absolute atomic E-state index is 13.3. The second-order valence-electron chi connectivity index (χ2n) is 8.97. The molecule has 8 nitrogen and oxygen atoms in total. The Morgan fingerprint density at radius 1 is 0.971 bits per heavy atom. The van der Waals surface area contributed by atoms with Crippen molar-refractivity contribution in [2.45, 2.75) is 20.3 Å². The fraction of sp³-hybridized carbons (Fsp3) is 0.259. The number of nitrogens with zero attached hydrogens (tertiary/aromatic N) is 6. The molecular weight excluding hydrogens is 440 g/mol. The summed E-state index contributed by atoms with van der Waals surface area (Å²) in [6.07, 6.45) is 2.30. The van der Waals surface area contributed by atoms with Crippen LogP contribution < -0.4 is 4.90 Å². The zero-order valence-corrected chi connectivity index (χ0v) is 19.8. The topological polar surface area (TPSA) is 79.8 Å². The van der Waals surface area contributed by atoms with Crippen molar-refractivity contribution in [3.63, 3.8) is 0 Å². The zero-order valence-electron chi connectivity index (χ0n) is 19.8. The van der Waals surface area contributed by atoms with Crippen LogP contribution in [0.25, 0.3) is 16.7 Å². The summed E-state index contributed by atoms with van der Waals surface area (Å²) < 4.78 is 7.76. The normalized spacial score (nSPS) is 14.2. The number of aryl methyl sites for hydroxylation is 2. The molecule has 1 amide bonds. The Hall–Kier alpha value is -4.20. The van der Waals surface area contributed by atoms with Gasteiger partial charge in [-0.1, -0.05) is 48.5 Å². The van der Waals surface area contributed by atoms with Crippen LogP contribution in [-0.2, 0) is 6.42 Å². The first-order valence-corrected chi connectivity index (χ1v) is 11.9. The summed E-state index contributed by atoms with van der Waals surface area (Å²) in [6, 6.07) is 18.2. The van der Waals surface area contributed by atoms with E-state index in [9.17, 15) is 4.79 Å². The van der Waals surface area contributed by atoms with Crippen molar-refractivity contribution < 1.29 is 9.21 Å². The molecule has 1 fully saturated rings. The van der Waals surface area contributed by atoms with Gasteiger partial charge in [-0.05, 0) is 25.5 Å². The number of para-hydroxylation sites is 1. The highest BCUT2D eigenvalue weighted by Crippen LogP contribution is 2.29. The van der Waals surface area contributed by atoms with Crippen LogP contribution >= 0.6 is 0 Å². The van der Waals surface area contributed by atoms with Gasteiger partial charge in [0, 0.05) is 54.8 Å². The van der Waals surface area contributed by atoms with Crippen molar-refractivity contribution in [1.29, 1.82) is 0 Å². The average Bonchev–Trinajstić information content (AvgIpc) is 3.49. The number of carbonyl (C=O) groups is 1. The second-order valence-corrected chi connectivity index (χ2v) is 8.97. The quantitative estimate of drug-likeness (QED) is 0.398. The number of aromatic nitrogens is 4. The van der Waals surface area contributed by atoms with Crippen molar-refractivity contribution >= 4 is 28.5 Å². The largest absolute Gasteiger partial charge is 0.451 e. The van der Waals surface area contributed by atoms with Gasteiger partial charge >= 0.3 is 0 Å². The van der Waals surface area contributed by atoms with Gasteiger partial charge < -0.3 is 14.2 Å². The molecule has 0 spiro atoms. The molecule has 1 saturated heterocycles. The Morgan fingerprint density at radius 3 is 2.49 bits per heavy atom. The highest BCUT2D eigenvalue weighted by Gasteiger charge is 2.29. The van der Waals surface area contributed by atoms with E-state index in [0.29, 0.717) is 37.7 Å². The summed E-state index contributed by atoms with van der Waals surface area (Å²) in [5.74, 6) is 1.97. The van der Waals surface area contributed by atoms with Crippen molar-refractivity contribution in [3.05, 3.63) is 89.1 Å². The number of piperazine rings is 1. The predicted molar refractivity (Wildman–Crippen MR) is 134 cm³/mol. The summed E-state index contributed by atoms with van der Waals surface area (Å²) >= 11 is 0. The van der Waals surface area contributed by atoms with Gasteiger partial charge in [-0.25, -0.2) is 4.98 Å². The van der Waals surface area contributed by atoms with Crippen LogP contribution in [0.5, 0.6) is 0 Å². The van der Waals surface area contributed by atoms with Crippen LogP contribution in [0.3, 0.4) is 0 Å². The fourth-order valence-corrected chi connectivity index (χ4v) is 4.94. The first-order valence-electron chi connectivity index (χ1n) is 11.9. The summed E-state index contributed by atoms with van der Waals surface area (Å²) in [5.41, 5.74) is 4.93. The van der Waals surface area contributed by atoms with E-state index in [1.54, 1.807) is 6.33 Å². The van der Waals surface area contributed by atoms with Crippen LogP contribution in [0.15, 0.2) is 65.3 Å². The van der Waals surface area contributed by atoms with Crippen LogP contribution in [0.2, 0.25) is 0 Å². The van der Waals surface area contributed by atoms with Gasteiger partial charge in [0.15, 0.2) is 5.76 Å². The highest BCUT2D eigenvalue weighted by molar-refractivity contribution is 5.99. The fourth-order valence-electron chi connectivity index (χ4n) is 4.94. The molecule has 0 saturated carbocycles. The molecule has 0 radical (unpaired) electrons. The van der Waals surface area contributed by atoms with Gasteiger partial charge in [0.1, 0.15) is 17.7 Å². The molecule has 0 unspecified atom stereocenters. The van der Waals surface area contributed by atoms with Crippen molar-refractivity contribution in [3.8, 4) is 0 Å². The minimum Gasteiger partial charge on any atom is -0.451 e. The SMILES string of the molecule is Cc1nc2ncnn2c(N2CCN(C(=O)c3oc4ccccc4c3C)CC2)c1Cc1ccccc1. The Balaban J connectivity index is 1.29. The Labute approximate surface area is 202 Å². The number of furan rings is 1. The monoisotopic (exact) mass is 466 g/mol. The van der Waals surface area contributed by atoms with Crippen LogP contribution in [0.1, 0.15) is 32.9 Å². The van der Waals surface area contributed by atoms with Gasteiger partial charge in [0.25, 0.3) is 11.7 Å². The number of fused-ring (bicyclic) bond motifs is 2. The molecule has 1 aliphatic rings. The lowest BCUT2D eigenvalue weighted by atomic mass is 10.0. The third kappa shape index (κ3) is 3.71. The molecule has 176 valence electrons. The van der Waals surface area contributed by atoms with E-state index in [-0.39, 0.29) is 5.91 Å². The molecule has 0 aliphatic carbocycles. The van der Waals surface area contributed by atoms with E-state index in [1.165, 1.54) is 5.56 Å². The Kier molecular flexibility index (Phi) is 5.21. The van der Waals surface area contributed by atoms with E-state index >= 15 is 0 Å². The van der Waals surface area contributed by atoms with E-state index in [2.05, 4.69) is 44.2 Å². The molecule has 8 heteroatoms. The van der Waals surface area contributed by atoms with Gasteiger partial charge in [-0.15, -0.1) is 0 Å². The second kappa shape index (κ2) is 8.54. The molecule has 2 aromatic carbocycles. The standard InChI is InChI=1S/C27H26N6O2/c1-18-21-10-6-7-11-23(21)35-24(18)26(34)32-14-12-31(13-15-32)25-22(16-20-8-4-3-5-9-20)19(2)30-27-28-17-29-33(25)27/h3-11,17H,12-16H2,1-2H3. The molecular formula is C27H26N6O2. The maximum atomic E-state index is 13.3. The Morgan fingerprint density at radius 2 is 1.71 bits per heavy atom. The third-order valence-electron chi connectivity index (χ3n) is 6.83. The Bertz CT molecular complexity index is 1530. The third-order valence-corrected chi connectivity index (χ3v) is 6.83. The first kappa shape index (κ1) is 21.3. The van der Waals surface area contributed by atoms with Crippen LogP contribution in [0.4, 0.5) is 5.82 Å². The molecule has 3 aromatic heterocycles. The van der Waals surface area contributed by atoms with E-state index in [1.807, 2.05) is 53.6 Å². The molecule has 4 heterocycles. The lowest BCUT2D eigenvalue weighted by molar-refractivity contribution is 0.0715. The molecule has 5 aromatic rings. The highest BCUT2D eigenvalue weighted by atomic mass is 16.3. The number of carbonyl (C=O) groups excluding carboxylic acids is 1. The minimum atomic E-state index is -0.0559. The van der Waals surface area contributed by atoms with Crippen molar-refractivity contribution in [1.82, 2.24) is 24.5 Å². The smallest absolute Gasteiger partial charge is 0.290 e. The first-order chi connectivity index (χ1) is 17.1. The number of amides is 1. The average molecular weight is 467 g/mol. The minimum absolute atomic E-state index is 0.0559. The van der Waals surface area contributed by atoms with Crippen LogP contribution in [0, 0.1) is 13.8 Å². The maximum Gasteiger partial charge on any atom is 0.290 e. The number of anilines is 1. The molecule has 0 N–H and O–H groups in total. The number of hydrogen-bond donors (Lipinski definition) is 0. The number of rotatable bonds is 4. The molecule has 0 atom stereocenters.